The van der Waals surface area contributed by atoms with E-state index in [0.29, 0.717) is 41.2 Å². The normalized spacial score (nSPS) is 18.8. The molecule has 1 unspecified atom stereocenters. The highest BCUT2D eigenvalue weighted by molar-refractivity contribution is 6.12. The van der Waals surface area contributed by atoms with Gasteiger partial charge in [0.05, 0.1) is 22.8 Å². The van der Waals surface area contributed by atoms with Crippen LogP contribution in [0, 0.1) is 11.2 Å². The number of para-hydroxylation sites is 1. The molecule has 232 valence electrons. The Balaban J connectivity index is 1.40. The van der Waals surface area contributed by atoms with Crippen molar-refractivity contribution in [1.29, 1.82) is 0 Å². The highest BCUT2D eigenvalue weighted by Crippen LogP contribution is 2.51. The first-order chi connectivity index (χ1) is 22.2. The highest BCUT2D eigenvalue weighted by atomic mass is 19.1. The van der Waals surface area contributed by atoms with Gasteiger partial charge in [0.25, 0.3) is 5.91 Å². The molecule has 7 rings (SSSR count). The average Bonchev–Trinajstić information content (AvgIpc) is 3.18. The van der Waals surface area contributed by atoms with Gasteiger partial charge in [0.1, 0.15) is 35.3 Å². The van der Waals surface area contributed by atoms with Gasteiger partial charge in [-0.1, -0.05) is 38.1 Å². The first kappa shape index (κ1) is 29.4. The number of pyridine rings is 2. The summed E-state index contributed by atoms with van der Waals surface area (Å²) in [7, 11) is 0. The summed E-state index contributed by atoms with van der Waals surface area (Å²) >= 11 is 0. The molecule has 1 amide bonds. The summed E-state index contributed by atoms with van der Waals surface area (Å²) in [6.07, 6.45) is 10.2. The van der Waals surface area contributed by atoms with Crippen LogP contribution in [0.4, 0.5) is 15.8 Å². The number of halogens is 1. The number of amides is 1. The van der Waals surface area contributed by atoms with Gasteiger partial charge >= 0.3 is 0 Å². The Morgan fingerprint density at radius 2 is 1.98 bits per heavy atom. The predicted octanol–water partition coefficient (Wildman–Crippen LogP) is 7.59. The molecule has 0 spiro atoms. The second-order valence-electron chi connectivity index (χ2n) is 12.7. The van der Waals surface area contributed by atoms with Gasteiger partial charge in [0, 0.05) is 35.5 Å². The van der Waals surface area contributed by atoms with E-state index in [2.05, 4.69) is 21.4 Å². The smallest absolute Gasteiger partial charge is 0.277 e. The fourth-order valence-electron chi connectivity index (χ4n) is 6.53. The van der Waals surface area contributed by atoms with Gasteiger partial charge < -0.3 is 15.2 Å². The van der Waals surface area contributed by atoms with Crippen LogP contribution in [-0.2, 0) is 4.79 Å². The zero-order chi connectivity index (χ0) is 32.0. The van der Waals surface area contributed by atoms with Gasteiger partial charge in [-0.15, -0.1) is 0 Å². The number of benzene rings is 2. The number of fused-ring (bicyclic) bond motifs is 2. The van der Waals surface area contributed by atoms with E-state index in [1.165, 1.54) is 17.0 Å². The second-order valence-corrected chi connectivity index (χ2v) is 12.7. The number of carbonyl (C=O) groups excluding carboxylic acids is 2. The molecule has 3 aliphatic rings. The van der Waals surface area contributed by atoms with Crippen molar-refractivity contribution in [1.82, 2.24) is 9.97 Å². The maximum atomic E-state index is 16.4. The molecule has 2 aromatic heterocycles. The third-order valence-corrected chi connectivity index (χ3v) is 8.69. The van der Waals surface area contributed by atoms with E-state index in [4.69, 9.17) is 4.74 Å². The van der Waals surface area contributed by atoms with Crippen molar-refractivity contribution in [2.75, 3.05) is 16.8 Å². The number of ketones is 1. The summed E-state index contributed by atoms with van der Waals surface area (Å²) in [6.45, 7) is 4.31. The molecule has 0 saturated heterocycles. The highest BCUT2D eigenvalue weighted by Gasteiger charge is 2.45. The van der Waals surface area contributed by atoms with E-state index < -0.39 is 23.2 Å². The Hall–Kier alpha value is -5.31. The summed E-state index contributed by atoms with van der Waals surface area (Å²) < 4.78 is 22.3. The molecule has 8 nitrogen and oxygen atoms in total. The van der Waals surface area contributed by atoms with E-state index in [0.717, 1.165) is 18.4 Å². The van der Waals surface area contributed by atoms with Crippen molar-refractivity contribution in [3.8, 4) is 11.5 Å². The second kappa shape index (κ2) is 11.6. The van der Waals surface area contributed by atoms with E-state index in [1.54, 1.807) is 54.7 Å². The van der Waals surface area contributed by atoms with Crippen molar-refractivity contribution in [2.45, 2.75) is 45.6 Å². The number of carbonyl (C=O) groups is 2. The number of allylic oxidation sites excluding steroid dienone is 4. The molecule has 4 aromatic rings. The van der Waals surface area contributed by atoms with E-state index in [9.17, 15) is 14.7 Å². The van der Waals surface area contributed by atoms with Gasteiger partial charge in [-0.25, -0.2) is 9.37 Å². The van der Waals surface area contributed by atoms with Crippen molar-refractivity contribution < 1.29 is 23.8 Å². The van der Waals surface area contributed by atoms with Gasteiger partial charge in [-0.3, -0.25) is 19.5 Å². The average molecular weight is 617 g/mol. The molecule has 0 radical (unpaired) electrons. The Morgan fingerprint density at radius 1 is 1.11 bits per heavy atom. The Bertz CT molecular complexity index is 2000. The molecule has 0 bridgehead atoms. The minimum Gasteiger partial charge on any atom is -0.506 e. The summed E-state index contributed by atoms with van der Waals surface area (Å²) in [5.41, 5.74) is 3.41. The van der Waals surface area contributed by atoms with Gasteiger partial charge in [-0.05, 0) is 78.8 Å². The van der Waals surface area contributed by atoms with Crippen LogP contribution in [0.25, 0.3) is 11.0 Å². The minimum absolute atomic E-state index is 0.0857. The number of aromatic nitrogens is 2. The zero-order valence-electron chi connectivity index (χ0n) is 25.6. The third kappa shape index (κ3) is 5.42. The molecule has 0 fully saturated rings. The number of rotatable bonds is 5. The molecule has 1 atom stereocenters. The monoisotopic (exact) mass is 616 g/mol. The largest absolute Gasteiger partial charge is 0.506 e. The number of hydrogen-bond acceptors (Lipinski definition) is 7. The zero-order valence-corrected chi connectivity index (χ0v) is 25.6. The topological polar surface area (TPSA) is 105 Å². The third-order valence-electron chi connectivity index (χ3n) is 8.69. The number of aromatic hydroxyl groups is 1. The molecule has 2 aromatic carbocycles. The van der Waals surface area contributed by atoms with Gasteiger partial charge in [0.15, 0.2) is 5.78 Å². The number of Topliss-reactive ketones (excluding diaryl/α,β-unsaturated/α-hetero) is 1. The maximum Gasteiger partial charge on any atom is 0.277 e. The molecule has 9 heteroatoms. The molecule has 2 N–H and O–H groups in total. The predicted molar refractivity (Wildman–Crippen MR) is 174 cm³/mol. The fourth-order valence-corrected chi connectivity index (χ4v) is 6.53. The van der Waals surface area contributed by atoms with Crippen LogP contribution in [0.3, 0.4) is 0 Å². The Morgan fingerprint density at radius 3 is 2.78 bits per heavy atom. The Kier molecular flexibility index (Phi) is 7.39. The summed E-state index contributed by atoms with van der Waals surface area (Å²) in [5.74, 6) is -1.16. The standard InChI is InChI=1S/C37H33FN4O4/c1-37(2)19-29-33(32(44)20-37)35(24-14-13-23(18-25(24)38)46-21-22-8-4-3-5-9-22)42(30-11-6-12-31(43)34(30)41-29)36(45)28-16-15-26-27(40-28)10-7-17-39-26/h3-4,6-8,10-18,35,41,43H,5,9,19-21H2,1-2H3. The number of anilines is 2. The van der Waals surface area contributed by atoms with Crippen molar-refractivity contribution in [2.24, 2.45) is 5.41 Å². The molecular formula is C37H33FN4O4. The lowest BCUT2D eigenvalue weighted by molar-refractivity contribution is -0.118. The van der Waals surface area contributed by atoms with Crippen LogP contribution in [0.1, 0.15) is 61.6 Å². The number of phenolic OH excluding ortho intramolecular Hbond substituents is 1. The van der Waals surface area contributed by atoms with E-state index in [-0.39, 0.29) is 40.5 Å². The number of hydrogen-bond donors (Lipinski definition) is 2. The molecular weight excluding hydrogens is 583 g/mol. The lowest BCUT2D eigenvalue weighted by Crippen LogP contribution is -2.40. The molecule has 1 aliphatic heterocycles. The first-order valence-corrected chi connectivity index (χ1v) is 15.4. The SMILES string of the molecule is CC1(C)CC(=O)C2=C(C1)Nc1c(O)cccc1N(C(=O)c1ccc3ncccc3n1)C2c1ccc(OCC2=CC=CCC2)cc1F. The number of nitrogens with one attached hydrogen (secondary N) is 1. The van der Waals surface area contributed by atoms with E-state index >= 15 is 4.39 Å². The van der Waals surface area contributed by atoms with Crippen LogP contribution >= 0.6 is 0 Å². The van der Waals surface area contributed by atoms with Crippen molar-refractivity contribution in [3.05, 3.63) is 119 Å². The lowest BCUT2D eigenvalue weighted by atomic mass is 9.73. The maximum absolute atomic E-state index is 16.4. The van der Waals surface area contributed by atoms with Crippen LogP contribution in [0.5, 0.6) is 11.5 Å². The molecule has 0 saturated carbocycles. The molecule has 3 heterocycles. The lowest BCUT2D eigenvalue weighted by Gasteiger charge is -2.37. The van der Waals surface area contributed by atoms with Crippen LogP contribution in [0.2, 0.25) is 0 Å². The molecule has 46 heavy (non-hydrogen) atoms. The summed E-state index contributed by atoms with van der Waals surface area (Å²) in [4.78, 5) is 39.0. The minimum atomic E-state index is -1.16. The van der Waals surface area contributed by atoms with Crippen molar-refractivity contribution >= 4 is 34.1 Å². The van der Waals surface area contributed by atoms with Gasteiger partial charge in [0.2, 0.25) is 0 Å². The van der Waals surface area contributed by atoms with Gasteiger partial charge in [-0.2, -0.15) is 0 Å². The van der Waals surface area contributed by atoms with Crippen LogP contribution in [-0.4, -0.2) is 33.4 Å². The summed E-state index contributed by atoms with van der Waals surface area (Å²) in [6, 6.07) is 14.9. The van der Waals surface area contributed by atoms with E-state index in [1.807, 2.05) is 26.0 Å². The number of nitrogens with zero attached hydrogens (tertiary/aromatic N) is 3. The number of phenols is 1. The van der Waals surface area contributed by atoms with Crippen molar-refractivity contribution in [3.63, 3.8) is 0 Å². The number of ether oxygens (including phenoxy) is 1. The summed E-state index contributed by atoms with van der Waals surface area (Å²) in [5, 5.41) is 14.4. The van der Waals surface area contributed by atoms with Crippen LogP contribution < -0.4 is 15.0 Å². The quantitative estimate of drug-likeness (QED) is 0.223. The van der Waals surface area contributed by atoms with Crippen LogP contribution in [0.15, 0.2) is 102 Å². The fraction of sp³-hybridized carbons (Fsp3) is 0.243. The first-order valence-electron chi connectivity index (χ1n) is 15.4. The Labute approximate surface area is 265 Å². The molecule has 2 aliphatic carbocycles.